The van der Waals surface area contributed by atoms with E-state index in [0.717, 1.165) is 0 Å². The van der Waals surface area contributed by atoms with Crippen molar-refractivity contribution < 1.29 is 52.3 Å². The molecule has 0 radical (unpaired) electrons. The number of ether oxygens (including phenoxy) is 1. The van der Waals surface area contributed by atoms with E-state index in [4.69, 9.17) is 4.74 Å². The molecule has 3 rings (SSSR count). The van der Waals surface area contributed by atoms with Crippen molar-refractivity contribution in [1.82, 2.24) is 9.55 Å². The third-order valence-corrected chi connectivity index (χ3v) is 3.90. The first-order chi connectivity index (χ1) is 12.1. The molecule has 0 saturated carbocycles. The normalized spacial score (nSPS) is 16.4. The molecule has 0 saturated heterocycles. The average Bonchev–Trinajstić information content (AvgIpc) is 2.55. The Labute approximate surface area is 173 Å². The van der Waals surface area contributed by atoms with Gasteiger partial charge in [-0.1, -0.05) is 6.07 Å². The molecule has 7 nitrogen and oxygen atoms in total. The number of carbonyl (C=O) groups is 1. The zero-order valence-electron chi connectivity index (χ0n) is 14.7. The maximum absolute atomic E-state index is 12.7. The second kappa shape index (κ2) is 7.53. The number of fused-ring (bicyclic) bond motifs is 1. The summed E-state index contributed by atoms with van der Waals surface area (Å²) in [5.74, 6) is 0.0560. The molecule has 0 bridgehead atoms. The van der Waals surface area contributed by atoms with Crippen LogP contribution in [-0.4, -0.2) is 23.1 Å². The van der Waals surface area contributed by atoms with Gasteiger partial charge in [-0.05, 0) is 37.7 Å². The van der Waals surface area contributed by atoms with E-state index in [-0.39, 0.29) is 47.2 Å². The molecule has 138 valence electrons. The maximum Gasteiger partial charge on any atom is 1.00 e. The summed E-state index contributed by atoms with van der Waals surface area (Å²) in [4.78, 5) is 40.6. The molecule has 0 aliphatic carbocycles. The summed E-state index contributed by atoms with van der Waals surface area (Å²) in [6, 6.07) is 4.37. The molecule has 1 aromatic carbocycles. The van der Waals surface area contributed by atoms with Crippen molar-refractivity contribution in [3.8, 4) is 11.4 Å². The minimum Gasteiger partial charge on any atom is -0.479 e. The van der Waals surface area contributed by atoms with E-state index in [0.29, 0.717) is 22.5 Å². The van der Waals surface area contributed by atoms with Crippen molar-refractivity contribution in [2.24, 2.45) is 0 Å². The largest absolute Gasteiger partial charge is 1.00 e. The Morgan fingerprint density at radius 1 is 1.19 bits per heavy atom. The number of nitrogens with zero attached hydrogens (tertiary/aromatic N) is 3. The topological polar surface area (TPSA) is 82.7 Å². The smallest absolute Gasteiger partial charge is 0.479 e. The number of aromatic nitrogens is 2. The molecule has 2 heterocycles. The van der Waals surface area contributed by atoms with Crippen LogP contribution in [0.5, 0.6) is 5.75 Å². The Morgan fingerprint density at radius 3 is 2.41 bits per heavy atom. The summed E-state index contributed by atoms with van der Waals surface area (Å²) in [6.07, 6.45) is -5.60. The molecular weight excluding hydrogens is 378 g/mol. The number of hydrogen-bond acceptors (Lipinski definition) is 4. The summed E-state index contributed by atoms with van der Waals surface area (Å²) in [6.45, 7) is 3.63. The maximum atomic E-state index is 12.7. The third kappa shape index (κ3) is 3.83. The van der Waals surface area contributed by atoms with E-state index in [2.05, 4.69) is 4.98 Å². The fourth-order valence-corrected chi connectivity index (χ4v) is 2.70. The zero-order chi connectivity index (χ0) is 19.2. The molecule has 1 aliphatic heterocycles. The summed E-state index contributed by atoms with van der Waals surface area (Å²) < 4.78 is 44.0. The monoisotopic (exact) mass is 391 g/mol. The number of hydrogen-bond donors (Lipinski definition) is 0. The molecular formula is C16H13F3N3NaO4. The molecule has 0 N–H and O–H groups in total. The number of carbonyl (C=O) groups excluding carboxylic acids is 1. The third-order valence-electron chi connectivity index (χ3n) is 3.90. The fourth-order valence-electron chi connectivity index (χ4n) is 2.70. The zero-order valence-corrected chi connectivity index (χ0v) is 16.7. The van der Waals surface area contributed by atoms with Gasteiger partial charge in [0.05, 0.1) is 5.69 Å². The van der Waals surface area contributed by atoms with Crippen LogP contribution >= 0.6 is 0 Å². The quantitative estimate of drug-likeness (QED) is 0.571. The van der Waals surface area contributed by atoms with Gasteiger partial charge in [0.15, 0.2) is 17.4 Å². The van der Waals surface area contributed by atoms with E-state index in [9.17, 15) is 27.6 Å². The Balaban J connectivity index is 0.00000261. The molecule has 27 heavy (non-hydrogen) atoms. The van der Waals surface area contributed by atoms with Gasteiger partial charge in [0.2, 0.25) is 0 Å². The summed E-state index contributed by atoms with van der Waals surface area (Å²) in [5.41, 5.74) is -3.77. The fraction of sp³-hybridized carbons (Fsp3) is 0.312. The molecule has 1 atom stereocenters. The van der Waals surface area contributed by atoms with Crippen LogP contribution in [0, 0.1) is 0 Å². The number of alkyl halides is 3. The minimum absolute atomic E-state index is 0. The standard InChI is InChI=1S/C16H14F3N3O4.Na/c1-3-21-10-6-9(4-5-11(10)26-8(2)14(21)24)22-13(23)7-12(16(17,18)19)20-15(22)25;/h4-8H,3H2,1-2H3,(H,20,23,25);/q;+1/p-1. The van der Waals surface area contributed by atoms with Crippen molar-refractivity contribution in [2.75, 3.05) is 11.4 Å². The second-order valence-corrected chi connectivity index (χ2v) is 5.59. The summed E-state index contributed by atoms with van der Waals surface area (Å²) >= 11 is 0. The van der Waals surface area contributed by atoms with Gasteiger partial charge in [-0.2, -0.15) is 13.2 Å². The van der Waals surface area contributed by atoms with Gasteiger partial charge < -0.3 is 19.2 Å². The molecule has 0 fully saturated rings. The molecule has 1 unspecified atom stereocenters. The van der Waals surface area contributed by atoms with Gasteiger partial charge in [0, 0.05) is 12.2 Å². The number of amides is 1. The van der Waals surface area contributed by atoms with E-state index in [1.165, 1.54) is 23.1 Å². The van der Waals surface area contributed by atoms with Crippen molar-refractivity contribution in [3.63, 3.8) is 0 Å². The summed E-state index contributed by atoms with van der Waals surface area (Å²) in [7, 11) is 0. The molecule has 1 aromatic heterocycles. The first-order valence-electron chi connectivity index (χ1n) is 7.64. The molecule has 1 amide bonds. The minimum atomic E-state index is -4.90. The van der Waals surface area contributed by atoms with Gasteiger partial charge in [-0.15, -0.1) is 0 Å². The van der Waals surface area contributed by atoms with Crippen LogP contribution in [0.2, 0.25) is 0 Å². The predicted octanol–water partition coefficient (Wildman–Crippen LogP) is -1.69. The number of anilines is 1. The van der Waals surface area contributed by atoms with Crippen LogP contribution in [-0.2, 0) is 11.0 Å². The van der Waals surface area contributed by atoms with Crippen LogP contribution in [0.4, 0.5) is 18.9 Å². The molecule has 1 aliphatic rings. The van der Waals surface area contributed by atoms with E-state index in [1.54, 1.807) is 13.8 Å². The van der Waals surface area contributed by atoms with Crippen LogP contribution in [0.1, 0.15) is 19.5 Å². The first kappa shape index (κ1) is 21.3. The number of likely N-dealkylation sites (N-methyl/N-ethyl adjacent to an activating group) is 1. The van der Waals surface area contributed by atoms with Crippen LogP contribution < -0.4 is 55.4 Å². The predicted molar refractivity (Wildman–Crippen MR) is 84.7 cm³/mol. The van der Waals surface area contributed by atoms with Crippen molar-refractivity contribution in [3.05, 3.63) is 50.8 Å². The average molecular weight is 391 g/mol. The Morgan fingerprint density at radius 2 is 1.85 bits per heavy atom. The molecule has 11 heteroatoms. The van der Waals surface area contributed by atoms with Crippen LogP contribution in [0.25, 0.3) is 5.69 Å². The van der Waals surface area contributed by atoms with Crippen molar-refractivity contribution >= 4 is 11.6 Å². The Bertz CT molecular complexity index is 968. The first-order valence-corrected chi connectivity index (χ1v) is 7.64. The van der Waals surface area contributed by atoms with Gasteiger partial charge in [-0.3, -0.25) is 14.4 Å². The number of rotatable bonds is 2. The van der Waals surface area contributed by atoms with E-state index in [1.807, 2.05) is 0 Å². The van der Waals surface area contributed by atoms with E-state index < -0.39 is 29.2 Å². The molecule has 2 aromatic rings. The number of halogens is 3. The van der Waals surface area contributed by atoms with Gasteiger partial charge >= 0.3 is 35.7 Å². The van der Waals surface area contributed by atoms with Gasteiger partial charge in [0.25, 0.3) is 5.91 Å². The van der Waals surface area contributed by atoms with Gasteiger partial charge in [0.1, 0.15) is 5.75 Å². The van der Waals surface area contributed by atoms with Gasteiger partial charge in [-0.25, -0.2) is 0 Å². The molecule has 0 spiro atoms. The Hall–Kier alpha value is -2.04. The Kier molecular flexibility index (Phi) is 5.93. The second-order valence-electron chi connectivity index (χ2n) is 5.59. The van der Waals surface area contributed by atoms with Crippen molar-refractivity contribution in [1.29, 1.82) is 0 Å². The van der Waals surface area contributed by atoms with Crippen LogP contribution in [0.15, 0.2) is 33.9 Å². The number of benzene rings is 1. The van der Waals surface area contributed by atoms with Crippen molar-refractivity contribution in [2.45, 2.75) is 26.1 Å². The van der Waals surface area contributed by atoms with Crippen LogP contribution in [0.3, 0.4) is 0 Å². The summed E-state index contributed by atoms with van der Waals surface area (Å²) in [5, 5.41) is 0. The van der Waals surface area contributed by atoms with E-state index >= 15 is 0 Å². The SMILES string of the molecule is CCN1C(=O)C(C)Oc2ccc(-n3c(=O)cc(C(F)(F)F)[n-]c3=O)cc21.[Na+].